The minimum absolute atomic E-state index is 0.498. The van der Waals surface area contributed by atoms with Crippen LogP contribution >= 0.6 is 11.6 Å². The number of hydrogen-bond acceptors (Lipinski definition) is 1. The molecule has 0 saturated carbocycles. The lowest BCUT2D eigenvalue weighted by Gasteiger charge is -2.39. The second-order valence-corrected chi connectivity index (χ2v) is 7.23. The van der Waals surface area contributed by atoms with Gasteiger partial charge in [0.2, 0.25) is 0 Å². The van der Waals surface area contributed by atoms with E-state index in [2.05, 4.69) is 32.6 Å². The fourth-order valence-electron chi connectivity index (χ4n) is 2.76. The van der Waals surface area contributed by atoms with Crippen molar-refractivity contribution < 1.29 is 0 Å². The summed E-state index contributed by atoms with van der Waals surface area (Å²) >= 11 is 5.77. The summed E-state index contributed by atoms with van der Waals surface area (Å²) in [4.78, 5) is 2.65. The average molecular weight is 260 g/mol. The van der Waals surface area contributed by atoms with Crippen molar-refractivity contribution in [2.45, 2.75) is 53.4 Å². The van der Waals surface area contributed by atoms with Crippen LogP contribution in [0.1, 0.15) is 53.4 Å². The smallest absolute Gasteiger partial charge is 0.0225 e. The first-order chi connectivity index (χ1) is 7.93. The molecule has 1 saturated heterocycles. The molecule has 1 heterocycles. The summed E-state index contributed by atoms with van der Waals surface area (Å²) in [5.41, 5.74) is 0.498. The van der Waals surface area contributed by atoms with Crippen LogP contribution in [0.5, 0.6) is 0 Å². The van der Waals surface area contributed by atoms with Gasteiger partial charge in [0.05, 0.1) is 0 Å². The Balaban J connectivity index is 2.19. The maximum absolute atomic E-state index is 5.77. The molecular weight excluding hydrogens is 230 g/mol. The van der Waals surface area contributed by atoms with Crippen molar-refractivity contribution in [1.29, 1.82) is 0 Å². The van der Waals surface area contributed by atoms with E-state index in [1.807, 2.05) is 0 Å². The highest BCUT2D eigenvalue weighted by Crippen LogP contribution is 2.34. The second kappa shape index (κ2) is 6.99. The normalized spacial score (nSPS) is 21.7. The minimum Gasteiger partial charge on any atom is -0.303 e. The summed E-state index contributed by atoms with van der Waals surface area (Å²) in [5.74, 6) is 2.51. The largest absolute Gasteiger partial charge is 0.303 e. The van der Waals surface area contributed by atoms with E-state index >= 15 is 0 Å². The number of piperidine rings is 1. The molecule has 0 aromatic carbocycles. The van der Waals surface area contributed by atoms with Crippen molar-refractivity contribution in [3.05, 3.63) is 0 Å². The van der Waals surface area contributed by atoms with Crippen LogP contribution in [0.15, 0.2) is 0 Å². The van der Waals surface area contributed by atoms with E-state index in [1.165, 1.54) is 45.3 Å². The lowest BCUT2D eigenvalue weighted by Crippen LogP contribution is -2.38. The molecule has 1 rings (SSSR count). The van der Waals surface area contributed by atoms with Crippen molar-refractivity contribution in [2.24, 2.45) is 17.3 Å². The molecule has 2 heteroatoms. The van der Waals surface area contributed by atoms with Crippen LogP contribution in [0.2, 0.25) is 0 Å². The Bertz CT molecular complexity index is 201. The Morgan fingerprint density at radius 2 is 1.76 bits per heavy atom. The van der Waals surface area contributed by atoms with Crippen molar-refractivity contribution in [3.8, 4) is 0 Å². The van der Waals surface area contributed by atoms with Gasteiger partial charge in [-0.25, -0.2) is 0 Å². The van der Waals surface area contributed by atoms with Crippen molar-refractivity contribution in [3.63, 3.8) is 0 Å². The van der Waals surface area contributed by atoms with Gasteiger partial charge >= 0.3 is 0 Å². The van der Waals surface area contributed by atoms with Crippen LogP contribution in [0, 0.1) is 17.3 Å². The number of nitrogens with zero attached hydrogens (tertiary/aromatic N) is 1. The highest BCUT2D eigenvalue weighted by Gasteiger charge is 2.28. The number of rotatable bonds is 5. The monoisotopic (exact) mass is 259 g/mol. The van der Waals surface area contributed by atoms with Crippen LogP contribution in [0.3, 0.4) is 0 Å². The van der Waals surface area contributed by atoms with Gasteiger partial charge in [-0.15, -0.1) is 11.6 Å². The third-order valence-electron chi connectivity index (χ3n) is 4.35. The fraction of sp³-hybridized carbons (Fsp3) is 1.00. The zero-order valence-electron chi connectivity index (χ0n) is 12.1. The summed E-state index contributed by atoms with van der Waals surface area (Å²) in [5, 5.41) is 0. The van der Waals surface area contributed by atoms with E-state index in [1.54, 1.807) is 0 Å². The Hall–Kier alpha value is 0.250. The summed E-state index contributed by atoms with van der Waals surface area (Å²) in [7, 11) is 0. The molecule has 1 aliphatic rings. The maximum atomic E-state index is 5.77. The van der Waals surface area contributed by atoms with Crippen molar-refractivity contribution in [2.75, 3.05) is 25.5 Å². The molecule has 1 fully saturated rings. The zero-order chi connectivity index (χ0) is 12.9. The second-order valence-electron chi connectivity index (χ2n) is 6.85. The predicted octanol–water partition coefficient (Wildman–Crippen LogP) is 4.40. The Labute approximate surface area is 113 Å². The van der Waals surface area contributed by atoms with Gasteiger partial charge in [-0.3, -0.25) is 0 Å². The van der Waals surface area contributed by atoms with E-state index in [4.69, 9.17) is 11.6 Å². The number of hydrogen-bond donors (Lipinski definition) is 0. The average Bonchev–Trinajstić information content (AvgIpc) is 2.26. The van der Waals surface area contributed by atoms with Gasteiger partial charge < -0.3 is 4.90 Å². The van der Waals surface area contributed by atoms with Gasteiger partial charge in [0.15, 0.2) is 0 Å². The first-order valence-corrected chi connectivity index (χ1v) is 7.75. The molecule has 0 aliphatic carbocycles. The van der Waals surface area contributed by atoms with Crippen molar-refractivity contribution in [1.82, 2.24) is 4.90 Å². The van der Waals surface area contributed by atoms with Gasteiger partial charge in [-0.1, -0.05) is 27.7 Å². The Kier molecular flexibility index (Phi) is 6.30. The molecule has 0 spiro atoms. The molecule has 1 unspecified atom stereocenters. The van der Waals surface area contributed by atoms with E-state index in [-0.39, 0.29) is 0 Å². The molecule has 0 N–H and O–H groups in total. The van der Waals surface area contributed by atoms with Crippen LogP contribution < -0.4 is 0 Å². The molecule has 1 atom stereocenters. The molecule has 0 bridgehead atoms. The molecular formula is C15H30ClN. The standard InChI is InChI=1S/C15H30ClN/c1-13(5-9-16)6-10-17-11-7-14(8-12-17)15(2,3)4/h13-14H,5-12H2,1-4H3. The summed E-state index contributed by atoms with van der Waals surface area (Å²) in [6.07, 6.45) is 5.24. The topological polar surface area (TPSA) is 3.24 Å². The number of halogens is 1. The highest BCUT2D eigenvalue weighted by molar-refractivity contribution is 6.17. The summed E-state index contributed by atoms with van der Waals surface area (Å²) in [6.45, 7) is 13.4. The van der Waals surface area contributed by atoms with E-state index in [0.29, 0.717) is 5.41 Å². The molecule has 0 radical (unpaired) electrons. The molecule has 0 aromatic heterocycles. The number of alkyl halides is 1. The van der Waals surface area contributed by atoms with Crippen LogP contribution in [0.4, 0.5) is 0 Å². The van der Waals surface area contributed by atoms with Gasteiger partial charge in [-0.05, 0) is 62.6 Å². The Morgan fingerprint density at radius 3 is 2.24 bits per heavy atom. The fourth-order valence-corrected chi connectivity index (χ4v) is 3.13. The number of likely N-dealkylation sites (tertiary alicyclic amines) is 1. The quantitative estimate of drug-likeness (QED) is 0.662. The van der Waals surface area contributed by atoms with Crippen LogP contribution in [0.25, 0.3) is 0 Å². The van der Waals surface area contributed by atoms with Crippen LogP contribution in [-0.4, -0.2) is 30.4 Å². The van der Waals surface area contributed by atoms with Gasteiger partial charge in [0, 0.05) is 5.88 Å². The molecule has 17 heavy (non-hydrogen) atoms. The molecule has 1 nitrogen and oxygen atoms in total. The molecule has 1 aliphatic heterocycles. The lowest BCUT2D eigenvalue weighted by atomic mass is 9.75. The molecule has 0 aromatic rings. The minimum atomic E-state index is 0.498. The summed E-state index contributed by atoms with van der Waals surface area (Å²) in [6, 6.07) is 0. The van der Waals surface area contributed by atoms with E-state index in [0.717, 1.165) is 17.7 Å². The molecule has 102 valence electrons. The predicted molar refractivity (Wildman–Crippen MR) is 77.7 cm³/mol. The first-order valence-electron chi connectivity index (χ1n) is 7.21. The van der Waals surface area contributed by atoms with Gasteiger partial charge in [0.1, 0.15) is 0 Å². The Morgan fingerprint density at radius 1 is 1.18 bits per heavy atom. The van der Waals surface area contributed by atoms with Gasteiger partial charge in [0.25, 0.3) is 0 Å². The maximum Gasteiger partial charge on any atom is 0.0225 e. The highest BCUT2D eigenvalue weighted by atomic mass is 35.5. The zero-order valence-corrected chi connectivity index (χ0v) is 12.9. The third kappa shape index (κ3) is 5.61. The van der Waals surface area contributed by atoms with E-state index < -0.39 is 0 Å². The summed E-state index contributed by atoms with van der Waals surface area (Å²) < 4.78 is 0. The van der Waals surface area contributed by atoms with E-state index in [9.17, 15) is 0 Å². The van der Waals surface area contributed by atoms with Crippen molar-refractivity contribution >= 4 is 11.6 Å². The van der Waals surface area contributed by atoms with Crippen LogP contribution in [-0.2, 0) is 0 Å². The third-order valence-corrected chi connectivity index (χ3v) is 4.57. The molecule has 0 amide bonds. The van der Waals surface area contributed by atoms with Gasteiger partial charge in [-0.2, -0.15) is 0 Å². The SMILES string of the molecule is CC(CCCl)CCN1CCC(C(C)(C)C)CC1. The first kappa shape index (κ1) is 15.3. The lowest BCUT2D eigenvalue weighted by molar-refractivity contribution is 0.108.